The minimum Gasteiger partial charge on any atom is -1.00 e. The maximum absolute atomic E-state index is 3.17. The zero-order chi connectivity index (χ0) is 6.69. The van der Waals surface area contributed by atoms with Crippen LogP contribution in [0.5, 0.6) is 0 Å². The van der Waals surface area contributed by atoms with E-state index in [2.05, 4.69) is 32.1 Å². The van der Waals surface area contributed by atoms with E-state index < -0.39 is 0 Å². The number of allylic oxidation sites excluding steroid dienone is 4. The van der Waals surface area contributed by atoms with Crippen molar-refractivity contribution in [3.63, 3.8) is 0 Å². The number of halogens is 2. The second kappa shape index (κ2) is 9.31. The Labute approximate surface area is 92.0 Å². The van der Waals surface area contributed by atoms with Gasteiger partial charge in [0.2, 0.25) is 0 Å². The molecule has 0 N–H and O–H groups in total. The molecule has 0 spiro atoms. The van der Waals surface area contributed by atoms with E-state index in [0.29, 0.717) is 0 Å². The molecule has 1 aliphatic rings. The van der Waals surface area contributed by atoms with Crippen LogP contribution in [0.2, 0.25) is 0 Å². The van der Waals surface area contributed by atoms with Gasteiger partial charge in [-0.3, -0.25) is 6.08 Å². The fourth-order valence-corrected chi connectivity index (χ4v) is 0.992. The molecule has 1 atom stereocenters. The molecule has 1 unspecified atom stereocenters. The van der Waals surface area contributed by atoms with Crippen molar-refractivity contribution in [1.29, 1.82) is 0 Å². The van der Waals surface area contributed by atoms with Crippen LogP contribution in [0.4, 0.5) is 0 Å². The number of rotatable bonds is 2. The van der Waals surface area contributed by atoms with E-state index >= 15 is 0 Å². The first kappa shape index (κ1) is 18.1. The predicted octanol–water partition coefficient (Wildman–Crippen LogP) is -3.27. The Bertz CT molecular complexity index is 153. The van der Waals surface area contributed by atoms with Crippen molar-refractivity contribution < 1.29 is 35.6 Å². The predicted molar refractivity (Wildman–Crippen MR) is 40.0 cm³/mol. The Balaban J connectivity index is -0.000000270. The zero-order valence-corrected chi connectivity index (χ0v) is 9.86. The average Bonchev–Trinajstić information content (AvgIpc) is 2.37. The number of hydrogen-bond donors (Lipinski definition) is 0. The Hall–Kier alpha value is 0.223. The molecule has 0 saturated heterocycles. The van der Waals surface area contributed by atoms with Gasteiger partial charge in [0.25, 0.3) is 0 Å². The Morgan fingerprint density at radius 3 is 2.42 bits per heavy atom. The van der Waals surface area contributed by atoms with Crippen LogP contribution in [0.25, 0.3) is 0 Å². The summed E-state index contributed by atoms with van der Waals surface area (Å²) >= 11 is 0. The van der Waals surface area contributed by atoms with E-state index in [9.17, 15) is 0 Å². The fraction of sp³-hybridized carbons (Fsp3) is 0.556. The first-order chi connectivity index (χ1) is 4.34. The first-order valence-electron chi connectivity index (χ1n) is 3.61. The second-order valence-electron chi connectivity index (χ2n) is 2.57. The van der Waals surface area contributed by atoms with Gasteiger partial charge in [0.1, 0.15) is 0 Å². The minimum atomic E-state index is 0. The molecule has 0 bridgehead atoms. The molecule has 0 aliphatic heterocycles. The molecular formula is C9H13F2Zr. The van der Waals surface area contributed by atoms with Crippen molar-refractivity contribution in [3.05, 3.63) is 23.8 Å². The van der Waals surface area contributed by atoms with E-state index in [1.165, 1.54) is 12.0 Å². The van der Waals surface area contributed by atoms with E-state index in [1.54, 1.807) is 0 Å². The molecule has 0 saturated carbocycles. The third kappa shape index (κ3) is 4.97. The van der Waals surface area contributed by atoms with Crippen LogP contribution in [-0.2, 0) is 26.2 Å². The van der Waals surface area contributed by atoms with Crippen molar-refractivity contribution in [3.8, 4) is 0 Å². The molecule has 12 heavy (non-hydrogen) atoms. The molecule has 3 heteroatoms. The quantitative estimate of drug-likeness (QED) is 0.451. The van der Waals surface area contributed by atoms with Gasteiger partial charge in [-0.1, -0.05) is 26.2 Å². The van der Waals surface area contributed by atoms with Crippen molar-refractivity contribution >= 4 is 0 Å². The Morgan fingerprint density at radius 1 is 1.50 bits per heavy atom. The van der Waals surface area contributed by atoms with Crippen molar-refractivity contribution in [2.24, 2.45) is 5.92 Å². The van der Waals surface area contributed by atoms with E-state index in [4.69, 9.17) is 0 Å². The van der Waals surface area contributed by atoms with Crippen molar-refractivity contribution in [1.82, 2.24) is 0 Å². The monoisotopic (exact) mass is 249 g/mol. The largest absolute Gasteiger partial charge is 3.00 e. The summed E-state index contributed by atoms with van der Waals surface area (Å²) in [5.41, 5.74) is 1.47. The summed E-state index contributed by atoms with van der Waals surface area (Å²) < 4.78 is 0. The minimum absolute atomic E-state index is 0. The maximum Gasteiger partial charge on any atom is 3.00 e. The van der Waals surface area contributed by atoms with Gasteiger partial charge in [0.05, 0.1) is 0 Å². The normalized spacial score (nSPS) is 15.0. The fourth-order valence-electron chi connectivity index (χ4n) is 0.992. The molecule has 0 heterocycles. The van der Waals surface area contributed by atoms with Gasteiger partial charge in [-0.05, 0) is 0 Å². The van der Waals surface area contributed by atoms with Crippen LogP contribution in [0.15, 0.2) is 17.7 Å². The standard InChI is InChI=1S/C9H13.2FH.Zr/c1-3-8(2)9-6-4-5-7-9;;;/h6-8H,3-4H2,1-2H3;2*1H;/q-1;;;+3/p-2. The van der Waals surface area contributed by atoms with Gasteiger partial charge in [0, 0.05) is 0 Å². The third-order valence-corrected chi connectivity index (χ3v) is 1.91. The van der Waals surface area contributed by atoms with Crippen LogP contribution in [-0.4, -0.2) is 0 Å². The average molecular weight is 250 g/mol. The topological polar surface area (TPSA) is 0 Å². The maximum atomic E-state index is 3.17. The molecule has 0 nitrogen and oxygen atoms in total. The molecule has 1 rings (SSSR count). The molecule has 0 aromatic carbocycles. The Kier molecular flexibility index (Phi) is 14.0. The van der Waals surface area contributed by atoms with Gasteiger partial charge < -0.3 is 9.41 Å². The summed E-state index contributed by atoms with van der Waals surface area (Å²) in [6.45, 7) is 4.48. The summed E-state index contributed by atoms with van der Waals surface area (Å²) in [5.74, 6) is 0.736. The summed E-state index contributed by atoms with van der Waals surface area (Å²) in [6, 6.07) is 0. The molecule has 0 aromatic heterocycles. The second-order valence-corrected chi connectivity index (χ2v) is 2.57. The van der Waals surface area contributed by atoms with Crippen LogP contribution in [0.3, 0.4) is 0 Å². The molecule has 1 radical (unpaired) electrons. The van der Waals surface area contributed by atoms with Crippen molar-refractivity contribution in [2.45, 2.75) is 26.7 Å². The van der Waals surface area contributed by atoms with Crippen molar-refractivity contribution in [2.75, 3.05) is 0 Å². The van der Waals surface area contributed by atoms with Crippen LogP contribution in [0.1, 0.15) is 26.7 Å². The van der Waals surface area contributed by atoms with Gasteiger partial charge in [-0.25, -0.2) is 6.08 Å². The van der Waals surface area contributed by atoms with Gasteiger partial charge >= 0.3 is 26.2 Å². The molecule has 0 aromatic rings. The number of hydrogen-bond acceptors (Lipinski definition) is 0. The molecule has 67 valence electrons. The SMILES string of the molecule is CCC(C)C1=CC[C-]=C1.[F-].[F-].[Zr+3]. The molecule has 0 amide bonds. The van der Waals surface area contributed by atoms with Crippen LogP contribution >= 0.6 is 0 Å². The third-order valence-electron chi connectivity index (χ3n) is 1.91. The van der Waals surface area contributed by atoms with Crippen LogP contribution in [0, 0.1) is 12.0 Å². The molecule has 1 aliphatic carbocycles. The summed E-state index contributed by atoms with van der Waals surface area (Å²) in [4.78, 5) is 0. The summed E-state index contributed by atoms with van der Waals surface area (Å²) in [5, 5.41) is 0. The van der Waals surface area contributed by atoms with Gasteiger partial charge in [0.15, 0.2) is 0 Å². The van der Waals surface area contributed by atoms with E-state index in [-0.39, 0.29) is 35.6 Å². The van der Waals surface area contributed by atoms with Crippen LogP contribution < -0.4 is 9.41 Å². The molecule has 0 fully saturated rings. The zero-order valence-electron chi connectivity index (χ0n) is 7.40. The van der Waals surface area contributed by atoms with E-state index in [0.717, 1.165) is 12.3 Å². The van der Waals surface area contributed by atoms with E-state index in [1.807, 2.05) is 0 Å². The van der Waals surface area contributed by atoms with Gasteiger partial charge in [-0.15, -0.1) is 6.42 Å². The van der Waals surface area contributed by atoms with Gasteiger partial charge in [-0.2, -0.15) is 11.6 Å². The summed E-state index contributed by atoms with van der Waals surface area (Å²) in [6.07, 6.45) is 9.81. The Morgan fingerprint density at radius 2 is 2.08 bits per heavy atom. The molecular weight excluding hydrogens is 237 g/mol. The summed E-state index contributed by atoms with van der Waals surface area (Å²) in [7, 11) is 0. The smallest absolute Gasteiger partial charge is 1.00 e. The first-order valence-corrected chi connectivity index (χ1v) is 3.61.